The highest BCUT2D eigenvalue weighted by Crippen LogP contribution is 2.37. The number of anilines is 1. The number of aromatic nitrogens is 5. The van der Waals surface area contributed by atoms with E-state index in [2.05, 4.69) is 24.2 Å². The van der Waals surface area contributed by atoms with Crippen LogP contribution in [0, 0.1) is 0 Å². The van der Waals surface area contributed by atoms with Crippen molar-refractivity contribution in [1.82, 2.24) is 24.5 Å². The Balaban J connectivity index is 1.73. The molecular weight excluding hydrogens is 449 g/mol. The van der Waals surface area contributed by atoms with Crippen LogP contribution in [0.5, 0.6) is 5.88 Å². The Morgan fingerprint density at radius 2 is 2.14 bits per heavy atom. The van der Waals surface area contributed by atoms with Crippen LogP contribution in [0.15, 0.2) is 41.7 Å². The predicted molar refractivity (Wildman–Crippen MR) is 106 cm³/mol. The molecule has 0 aliphatic carbocycles. The average molecular weight is 461 g/mol. The molecule has 0 aliphatic rings. The number of nitrogens with one attached hydrogen (secondary N) is 2. The van der Waals surface area contributed by atoms with Crippen molar-refractivity contribution in [2.24, 2.45) is 7.05 Å². The summed E-state index contributed by atoms with van der Waals surface area (Å²) in [7, 11) is -0.0580. The average Bonchev–Trinajstić information content (AvgIpc) is 3.39. The summed E-state index contributed by atoms with van der Waals surface area (Å²) in [4.78, 5) is 3.43. The van der Waals surface area contributed by atoms with E-state index in [0.29, 0.717) is 32.1 Å². The second-order valence-electron chi connectivity index (χ2n) is 5.91. The second-order valence-corrected chi connectivity index (χ2v) is 7.65. The summed E-state index contributed by atoms with van der Waals surface area (Å²) in [5.74, 6) is -0.452. The molecule has 0 saturated heterocycles. The van der Waals surface area contributed by atoms with Gasteiger partial charge >= 0.3 is 6.55 Å². The first kappa shape index (κ1) is 19.7. The Morgan fingerprint density at radius 1 is 1.34 bits per heavy atom. The quantitative estimate of drug-likeness (QED) is 0.443. The molecule has 1 atom stereocenters. The molecule has 29 heavy (non-hydrogen) atoms. The standard InChI is InChI=1S/C16H12Cl2F2N6O2S/c1-25-5-4-10(23-25)13-9(17)3-2-8-12(7-21-14(8)13)29(27)24-11-6-22-26(16(19)20)15(11)28-18/h2-7,16,21,24H,1H3. The number of halogens is 4. The molecule has 3 heterocycles. The van der Waals surface area contributed by atoms with Crippen molar-refractivity contribution < 1.29 is 17.3 Å². The first-order valence-electron chi connectivity index (χ1n) is 8.03. The topological polar surface area (TPSA) is 89.8 Å². The van der Waals surface area contributed by atoms with Crippen LogP contribution in [0.2, 0.25) is 5.02 Å². The van der Waals surface area contributed by atoms with Crippen molar-refractivity contribution in [2.45, 2.75) is 11.4 Å². The van der Waals surface area contributed by atoms with Gasteiger partial charge < -0.3 is 9.27 Å². The van der Waals surface area contributed by atoms with E-state index in [-0.39, 0.29) is 10.4 Å². The molecule has 4 aromatic rings. The minimum Gasteiger partial charge on any atom is -0.363 e. The first-order chi connectivity index (χ1) is 13.9. The van der Waals surface area contributed by atoms with Crippen molar-refractivity contribution in [3.8, 4) is 17.1 Å². The van der Waals surface area contributed by atoms with Crippen LogP contribution in [0.3, 0.4) is 0 Å². The van der Waals surface area contributed by atoms with E-state index in [9.17, 15) is 13.0 Å². The predicted octanol–water partition coefficient (Wildman–Crippen LogP) is 4.48. The molecule has 0 bridgehead atoms. The van der Waals surface area contributed by atoms with E-state index in [1.165, 1.54) is 6.20 Å². The van der Waals surface area contributed by atoms with Crippen LogP contribution < -0.4 is 9.01 Å². The highest BCUT2D eigenvalue weighted by molar-refractivity contribution is 7.86. The van der Waals surface area contributed by atoms with Crippen LogP contribution in [-0.2, 0) is 18.0 Å². The lowest BCUT2D eigenvalue weighted by molar-refractivity contribution is 0.0515. The van der Waals surface area contributed by atoms with Gasteiger partial charge in [0, 0.05) is 30.4 Å². The largest absolute Gasteiger partial charge is 0.363 e. The van der Waals surface area contributed by atoms with Gasteiger partial charge in [-0.15, -0.1) is 0 Å². The molecule has 2 N–H and O–H groups in total. The lowest BCUT2D eigenvalue weighted by Crippen LogP contribution is -2.06. The van der Waals surface area contributed by atoms with E-state index in [4.69, 9.17) is 23.5 Å². The Bertz CT molecular complexity index is 1220. The van der Waals surface area contributed by atoms with Crippen molar-refractivity contribution in [2.75, 3.05) is 4.72 Å². The minimum absolute atomic E-state index is 0.0492. The number of alkyl halides is 2. The van der Waals surface area contributed by atoms with Gasteiger partial charge in [-0.2, -0.15) is 23.7 Å². The summed E-state index contributed by atoms with van der Waals surface area (Å²) in [6, 6.07) is 5.18. The van der Waals surface area contributed by atoms with Gasteiger partial charge in [-0.3, -0.25) is 9.40 Å². The Morgan fingerprint density at radius 3 is 2.79 bits per heavy atom. The molecular formula is C16H12Cl2F2N6O2S. The Labute approximate surface area is 175 Å². The molecule has 0 aliphatic heterocycles. The zero-order chi connectivity index (χ0) is 20.7. The van der Waals surface area contributed by atoms with E-state index in [1.54, 1.807) is 36.1 Å². The molecule has 0 radical (unpaired) electrons. The summed E-state index contributed by atoms with van der Waals surface area (Å²) in [5.41, 5.74) is 1.89. The van der Waals surface area contributed by atoms with Gasteiger partial charge in [0.25, 0.3) is 5.88 Å². The molecule has 0 spiro atoms. The lowest BCUT2D eigenvalue weighted by Gasteiger charge is -2.07. The van der Waals surface area contributed by atoms with Crippen LogP contribution in [0.4, 0.5) is 14.5 Å². The van der Waals surface area contributed by atoms with Gasteiger partial charge in [-0.1, -0.05) is 17.7 Å². The number of hydrogen-bond donors (Lipinski definition) is 2. The van der Waals surface area contributed by atoms with Crippen molar-refractivity contribution in [3.05, 3.63) is 41.8 Å². The molecule has 152 valence electrons. The zero-order valence-corrected chi connectivity index (χ0v) is 16.9. The number of aromatic amines is 1. The fourth-order valence-electron chi connectivity index (χ4n) is 2.89. The molecule has 8 nitrogen and oxygen atoms in total. The molecule has 13 heteroatoms. The van der Waals surface area contributed by atoms with E-state index in [1.807, 2.05) is 0 Å². The normalized spacial score (nSPS) is 12.6. The first-order valence-corrected chi connectivity index (χ1v) is 9.86. The molecule has 1 aromatic carbocycles. The third-order valence-electron chi connectivity index (χ3n) is 4.15. The number of H-pyrrole nitrogens is 1. The Hall–Kier alpha value is -2.63. The number of fused-ring (bicyclic) bond motifs is 1. The molecule has 0 fully saturated rings. The van der Waals surface area contributed by atoms with Crippen molar-refractivity contribution in [3.63, 3.8) is 0 Å². The SMILES string of the molecule is Cn1ccc(-c2c(Cl)ccc3c(S(=O)Nc4cnn(C(F)F)c4OCl)c[nH]c23)n1. The van der Waals surface area contributed by atoms with Crippen molar-refractivity contribution >= 4 is 51.0 Å². The number of hydrogen-bond acceptors (Lipinski definition) is 4. The van der Waals surface area contributed by atoms with E-state index in [0.717, 1.165) is 6.20 Å². The van der Waals surface area contributed by atoms with Gasteiger partial charge in [0.1, 0.15) is 17.6 Å². The lowest BCUT2D eigenvalue weighted by atomic mass is 10.1. The maximum atomic E-state index is 12.9. The van der Waals surface area contributed by atoms with Gasteiger partial charge in [0.15, 0.2) is 11.0 Å². The van der Waals surface area contributed by atoms with Crippen LogP contribution >= 0.6 is 23.5 Å². The highest BCUT2D eigenvalue weighted by Gasteiger charge is 2.22. The fourth-order valence-corrected chi connectivity index (χ4v) is 4.29. The molecule has 0 saturated carbocycles. The third kappa shape index (κ3) is 3.45. The summed E-state index contributed by atoms with van der Waals surface area (Å²) < 4.78 is 47.7. The number of nitrogens with zero attached hydrogens (tertiary/aromatic N) is 4. The number of aryl methyl sites for hydroxylation is 1. The van der Waals surface area contributed by atoms with Crippen LogP contribution in [-0.4, -0.2) is 28.8 Å². The van der Waals surface area contributed by atoms with Crippen molar-refractivity contribution in [1.29, 1.82) is 0 Å². The van der Waals surface area contributed by atoms with E-state index >= 15 is 0 Å². The zero-order valence-electron chi connectivity index (χ0n) is 14.6. The highest BCUT2D eigenvalue weighted by atomic mass is 35.5. The molecule has 1 unspecified atom stereocenters. The summed E-state index contributed by atoms with van der Waals surface area (Å²) in [6.07, 6.45) is 4.37. The van der Waals surface area contributed by atoms with Gasteiger partial charge in [-0.25, -0.2) is 4.21 Å². The third-order valence-corrected chi connectivity index (χ3v) is 5.75. The summed E-state index contributed by atoms with van der Waals surface area (Å²) >= 11 is 11.6. The Kier molecular flexibility index (Phi) is 5.19. The van der Waals surface area contributed by atoms with Crippen LogP contribution in [0.25, 0.3) is 22.2 Å². The monoisotopic (exact) mass is 460 g/mol. The maximum Gasteiger partial charge on any atom is 0.336 e. The second kappa shape index (κ2) is 7.65. The van der Waals surface area contributed by atoms with Gasteiger partial charge in [-0.05, 0) is 12.1 Å². The molecule has 3 aromatic heterocycles. The maximum absolute atomic E-state index is 12.9. The number of rotatable bonds is 6. The summed E-state index contributed by atoms with van der Waals surface area (Å²) in [5, 5.41) is 8.93. The van der Waals surface area contributed by atoms with E-state index < -0.39 is 23.4 Å². The number of benzene rings is 1. The molecule has 4 rings (SSSR count). The fraction of sp³-hybridized carbons (Fsp3) is 0.125. The molecule has 0 amide bonds. The minimum atomic E-state index is -2.97. The van der Waals surface area contributed by atoms with Crippen LogP contribution in [0.1, 0.15) is 6.55 Å². The van der Waals surface area contributed by atoms with Gasteiger partial charge in [0.05, 0.1) is 27.3 Å². The smallest absolute Gasteiger partial charge is 0.336 e. The van der Waals surface area contributed by atoms with Gasteiger partial charge in [0.2, 0.25) is 0 Å². The summed E-state index contributed by atoms with van der Waals surface area (Å²) in [6.45, 7) is -2.97.